The van der Waals surface area contributed by atoms with Gasteiger partial charge in [0.1, 0.15) is 0 Å². The molecule has 0 atom stereocenters. The van der Waals surface area contributed by atoms with Crippen molar-refractivity contribution in [1.29, 1.82) is 0 Å². The fourth-order valence-corrected chi connectivity index (χ4v) is 6.86. The molecule has 3 aromatic carbocycles. The van der Waals surface area contributed by atoms with Gasteiger partial charge in [-0.1, -0.05) is 0 Å². The zero-order valence-electron chi connectivity index (χ0n) is 12.5. The molecule has 0 bridgehead atoms. The number of aryl methyl sites for hydroxylation is 1. The van der Waals surface area contributed by atoms with Gasteiger partial charge >= 0.3 is 144 Å². The second kappa shape index (κ2) is 7.72. The van der Waals surface area contributed by atoms with Crippen LogP contribution in [-0.2, 0) is 0 Å². The maximum absolute atomic E-state index is 3.50. The topological polar surface area (TPSA) is 0 Å². The predicted molar refractivity (Wildman–Crippen MR) is 87.6 cm³/mol. The smallest absolute Gasteiger partial charge is 1.00 e. The van der Waals surface area contributed by atoms with E-state index < -0.39 is 14.7 Å². The van der Waals surface area contributed by atoms with Crippen molar-refractivity contribution < 1.29 is 18.9 Å². The van der Waals surface area contributed by atoms with Gasteiger partial charge in [-0.2, -0.15) is 0 Å². The average molecular weight is 326 g/mol. The van der Waals surface area contributed by atoms with E-state index in [-0.39, 0.29) is 18.9 Å². The Morgan fingerprint density at radius 2 is 1.24 bits per heavy atom. The van der Waals surface area contributed by atoms with Crippen LogP contribution in [0.25, 0.3) is 0 Å². The quantitative estimate of drug-likeness (QED) is 0.442. The Bertz CT molecular complexity index is 623. The molecule has 0 spiro atoms. The summed E-state index contributed by atoms with van der Waals surface area (Å²) >= 11 is -1.47. The SMILES string of the molecule is Cc1c[c-]c([As](c2ccccc2)c2ccccc2)cc1.[Li+]. The maximum atomic E-state index is 3.50. The summed E-state index contributed by atoms with van der Waals surface area (Å²) in [4.78, 5) is 0. The molecule has 0 nitrogen and oxygen atoms in total. The first-order chi connectivity index (χ1) is 9.84. The van der Waals surface area contributed by atoms with E-state index in [1.807, 2.05) is 0 Å². The van der Waals surface area contributed by atoms with E-state index in [1.165, 1.54) is 18.6 Å². The van der Waals surface area contributed by atoms with Gasteiger partial charge in [0.2, 0.25) is 0 Å². The monoisotopic (exact) mass is 326 g/mol. The Hall–Kier alpha value is -1.18. The van der Waals surface area contributed by atoms with Crippen molar-refractivity contribution in [2.45, 2.75) is 6.92 Å². The summed E-state index contributed by atoms with van der Waals surface area (Å²) in [5.74, 6) is 0. The first-order valence-corrected chi connectivity index (χ1v) is 9.55. The molecule has 0 unspecified atom stereocenters. The van der Waals surface area contributed by atoms with Crippen LogP contribution in [0.2, 0.25) is 0 Å². The van der Waals surface area contributed by atoms with Crippen LogP contribution in [0.3, 0.4) is 0 Å². The molecule has 0 aliphatic carbocycles. The molecule has 0 radical (unpaired) electrons. The van der Waals surface area contributed by atoms with Crippen molar-refractivity contribution in [2.24, 2.45) is 0 Å². The second-order valence-electron chi connectivity index (χ2n) is 4.76. The summed E-state index contributed by atoms with van der Waals surface area (Å²) in [6.07, 6.45) is 0. The number of benzene rings is 3. The van der Waals surface area contributed by atoms with Crippen molar-refractivity contribution in [3.05, 3.63) is 90.5 Å². The van der Waals surface area contributed by atoms with Gasteiger partial charge < -0.3 is 0 Å². The number of hydrogen-bond donors (Lipinski definition) is 0. The van der Waals surface area contributed by atoms with Crippen LogP contribution >= 0.6 is 0 Å². The molecule has 98 valence electrons. The van der Waals surface area contributed by atoms with E-state index in [0.717, 1.165) is 0 Å². The number of hydrogen-bond acceptors (Lipinski definition) is 0. The van der Waals surface area contributed by atoms with Crippen molar-refractivity contribution in [3.8, 4) is 0 Å². The van der Waals surface area contributed by atoms with Crippen molar-refractivity contribution in [2.75, 3.05) is 0 Å². The zero-order valence-corrected chi connectivity index (χ0v) is 14.3. The van der Waals surface area contributed by atoms with Crippen molar-refractivity contribution >= 4 is 27.7 Å². The summed E-state index contributed by atoms with van der Waals surface area (Å²) in [7, 11) is 0. The van der Waals surface area contributed by atoms with Crippen LogP contribution < -0.4 is 31.9 Å². The second-order valence-corrected chi connectivity index (χ2v) is 9.34. The molecule has 0 N–H and O–H groups in total. The molecular weight excluding hydrogens is 310 g/mol. The molecule has 0 fully saturated rings. The first kappa shape index (κ1) is 16.2. The van der Waals surface area contributed by atoms with Crippen molar-refractivity contribution in [3.63, 3.8) is 0 Å². The third-order valence-corrected chi connectivity index (χ3v) is 8.23. The van der Waals surface area contributed by atoms with Gasteiger partial charge in [0.25, 0.3) is 0 Å². The fraction of sp³-hybridized carbons (Fsp3) is 0.0526. The molecule has 0 aromatic heterocycles. The normalized spacial score (nSPS) is 10.2. The largest absolute Gasteiger partial charge is 1.00 e. The van der Waals surface area contributed by atoms with Gasteiger partial charge in [0.15, 0.2) is 0 Å². The third kappa shape index (κ3) is 3.93. The summed E-state index contributed by atoms with van der Waals surface area (Å²) in [6, 6.07) is 31.7. The third-order valence-electron chi connectivity index (χ3n) is 3.22. The Morgan fingerprint density at radius 3 is 1.67 bits per heavy atom. The minimum absolute atomic E-state index is 0. The van der Waals surface area contributed by atoms with E-state index >= 15 is 0 Å². The molecule has 0 amide bonds. The Balaban J connectivity index is 0.00000161. The fourth-order valence-electron chi connectivity index (χ4n) is 2.21. The molecule has 3 rings (SSSR count). The molecule has 3 aromatic rings. The Kier molecular flexibility index (Phi) is 5.95. The van der Waals surface area contributed by atoms with Gasteiger partial charge in [0.05, 0.1) is 0 Å². The number of rotatable bonds is 3. The van der Waals surface area contributed by atoms with Crippen LogP contribution in [-0.4, -0.2) is 14.7 Å². The van der Waals surface area contributed by atoms with E-state index in [0.29, 0.717) is 0 Å². The standard InChI is InChI=1S/C19H16As.Li/c1-16-12-14-19(15-13-16)20(17-8-4-2-5-9-17)18-10-6-3-7-11-18;/h2-14H,1H3;/q-1;+1. The van der Waals surface area contributed by atoms with Crippen LogP contribution in [0, 0.1) is 13.0 Å². The molecule has 21 heavy (non-hydrogen) atoms. The van der Waals surface area contributed by atoms with Gasteiger partial charge in [-0.05, 0) is 0 Å². The minimum atomic E-state index is -1.47. The van der Waals surface area contributed by atoms with Crippen LogP contribution in [0.15, 0.2) is 78.9 Å². The molecular formula is C19H16AsLi. The molecule has 0 aliphatic heterocycles. The summed E-state index contributed by atoms with van der Waals surface area (Å²) in [6.45, 7) is 2.11. The van der Waals surface area contributed by atoms with Crippen molar-refractivity contribution in [1.82, 2.24) is 0 Å². The van der Waals surface area contributed by atoms with Crippen LogP contribution in [0.4, 0.5) is 0 Å². The first-order valence-electron chi connectivity index (χ1n) is 6.73. The molecule has 0 saturated carbocycles. The Labute approximate surface area is 143 Å². The molecule has 0 saturated heterocycles. The van der Waals surface area contributed by atoms with E-state index in [4.69, 9.17) is 0 Å². The minimum Gasteiger partial charge on any atom is 1.00 e. The van der Waals surface area contributed by atoms with E-state index in [2.05, 4.69) is 91.9 Å². The van der Waals surface area contributed by atoms with Gasteiger partial charge in [0, 0.05) is 0 Å². The maximum Gasteiger partial charge on any atom is 1.00 e. The molecule has 0 heterocycles. The predicted octanol–water partition coefficient (Wildman–Crippen LogP) is -0.685. The van der Waals surface area contributed by atoms with Gasteiger partial charge in [-0.25, -0.2) is 0 Å². The molecule has 0 aliphatic rings. The molecule has 2 heteroatoms. The zero-order chi connectivity index (χ0) is 13.8. The summed E-state index contributed by atoms with van der Waals surface area (Å²) in [5, 5.41) is 0. The Morgan fingerprint density at radius 1 is 0.714 bits per heavy atom. The van der Waals surface area contributed by atoms with E-state index in [1.54, 1.807) is 0 Å². The summed E-state index contributed by atoms with van der Waals surface area (Å²) in [5.41, 5.74) is 1.27. The van der Waals surface area contributed by atoms with Gasteiger partial charge in [-0.3, -0.25) is 0 Å². The average Bonchev–Trinajstić information content (AvgIpc) is 2.52. The summed E-state index contributed by atoms with van der Waals surface area (Å²) < 4.78 is 4.26. The van der Waals surface area contributed by atoms with E-state index in [9.17, 15) is 0 Å². The van der Waals surface area contributed by atoms with Crippen LogP contribution in [0.5, 0.6) is 0 Å². The van der Waals surface area contributed by atoms with Gasteiger partial charge in [-0.15, -0.1) is 0 Å². The van der Waals surface area contributed by atoms with Crippen LogP contribution in [0.1, 0.15) is 5.56 Å².